The second-order valence-electron chi connectivity index (χ2n) is 4.35. The van der Waals surface area contributed by atoms with Gasteiger partial charge in [0.05, 0.1) is 0 Å². The molecule has 86 valence electrons. The first-order valence-electron chi connectivity index (χ1n) is 4.37. The molecule has 0 aliphatic carbocycles. The van der Waals surface area contributed by atoms with Crippen LogP contribution in [0.25, 0.3) is 0 Å². The molecule has 2 nitrogen and oxygen atoms in total. The van der Waals surface area contributed by atoms with E-state index in [1.54, 1.807) is 0 Å². The molecule has 0 aliphatic rings. The van der Waals surface area contributed by atoms with E-state index in [4.69, 9.17) is 0 Å². The van der Waals surface area contributed by atoms with Gasteiger partial charge in [-0.15, -0.1) is 0 Å². The van der Waals surface area contributed by atoms with Crippen LogP contribution in [0.2, 0.25) is 0 Å². The molecule has 0 bridgehead atoms. The molecule has 0 fully saturated rings. The molecule has 0 aliphatic heterocycles. The summed E-state index contributed by atoms with van der Waals surface area (Å²) < 4.78 is 36.9. The van der Waals surface area contributed by atoms with E-state index in [2.05, 4.69) is 0 Å². The van der Waals surface area contributed by atoms with Gasteiger partial charge in [0, 0.05) is 11.1 Å². The Morgan fingerprint density at radius 2 is 1.87 bits per heavy atom. The molecule has 0 amide bonds. The maximum atomic E-state index is 12.1. The van der Waals surface area contributed by atoms with Gasteiger partial charge >= 0.3 is 11.0 Å². The molecule has 1 heterocycles. The number of rotatable bonds is 1. The minimum atomic E-state index is -4.35. The zero-order valence-corrected chi connectivity index (χ0v) is 9.50. The number of alkyl halides is 3. The number of hydrogen-bond acceptors (Lipinski definition) is 2. The average molecular weight is 239 g/mol. The van der Waals surface area contributed by atoms with E-state index < -0.39 is 17.6 Å². The first kappa shape index (κ1) is 12.3. The average Bonchev–Trinajstić information content (AvgIpc) is 2.27. The van der Waals surface area contributed by atoms with Crippen LogP contribution in [0.4, 0.5) is 13.2 Å². The molecule has 0 aromatic carbocycles. The first-order chi connectivity index (χ1) is 6.59. The van der Waals surface area contributed by atoms with E-state index in [1.807, 2.05) is 20.8 Å². The van der Waals surface area contributed by atoms with Crippen molar-refractivity contribution < 1.29 is 13.2 Å². The van der Waals surface area contributed by atoms with Crippen molar-refractivity contribution in [3.05, 3.63) is 20.7 Å². The monoisotopic (exact) mass is 239 g/mol. The highest BCUT2D eigenvalue weighted by molar-refractivity contribution is 7.09. The van der Waals surface area contributed by atoms with Gasteiger partial charge in [-0.2, -0.15) is 13.2 Å². The van der Waals surface area contributed by atoms with Crippen molar-refractivity contribution in [2.75, 3.05) is 0 Å². The maximum Gasteiger partial charge on any atom is 0.406 e. The normalized spacial score (nSPS) is 13.2. The Kier molecular flexibility index (Phi) is 3.00. The summed E-state index contributed by atoms with van der Waals surface area (Å²) in [6, 6.07) is 0. The van der Waals surface area contributed by atoms with Crippen LogP contribution in [-0.2, 0) is 12.0 Å². The molecule has 1 rings (SSSR count). The van der Waals surface area contributed by atoms with Crippen molar-refractivity contribution in [2.24, 2.45) is 0 Å². The Labute approximate surface area is 89.3 Å². The van der Waals surface area contributed by atoms with E-state index in [0.29, 0.717) is 9.44 Å². The molecule has 0 saturated carbocycles. The third-order valence-electron chi connectivity index (χ3n) is 1.79. The number of hydrogen-bond donors (Lipinski definition) is 0. The summed E-state index contributed by atoms with van der Waals surface area (Å²) in [5.41, 5.74) is -0.291. The van der Waals surface area contributed by atoms with Gasteiger partial charge in [0.2, 0.25) is 0 Å². The molecular formula is C9H12F3NOS. The van der Waals surface area contributed by atoms with Gasteiger partial charge in [-0.3, -0.25) is 9.36 Å². The molecule has 1 aromatic heterocycles. The predicted molar refractivity (Wildman–Crippen MR) is 53.3 cm³/mol. The van der Waals surface area contributed by atoms with Gasteiger partial charge < -0.3 is 0 Å². The second-order valence-corrected chi connectivity index (χ2v) is 5.35. The Balaban J connectivity index is 3.03. The van der Waals surface area contributed by atoms with Crippen LogP contribution in [0.3, 0.4) is 0 Å². The Morgan fingerprint density at radius 1 is 1.33 bits per heavy atom. The lowest BCUT2D eigenvalue weighted by Crippen LogP contribution is -2.23. The van der Waals surface area contributed by atoms with Crippen molar-refractivity contribution in [3.63, 3.8) is 0 Å². The lowest BCUT2D eigenvalue weighted by molar-refractivity contribution is -0.140. The highest BCUT2D eigenvalue weighted by Gasteiger charge is 2.30. The van der Waals surface area contributed by atoms with E-state index in [9.17, 15) is 18.0 Å². The topological polar surface area (TPSA) is 22.0 Å². The molecule has 0 atom stereocenters. The summed E-state index contributed by atoms with van der Waals surface area (Å²) in [5.74, 6) is 0. The minimum absolute atomic E-state index is 0.291. The fourth-order valence-corrected chi connectivity index (χ4v) is 1.93. The van der Waals surface area contributed by atoms with Crippen molar-refractivity contribution in [3.8, 4) is 0 Å². The minimum Gasteiger partial charge on any atom is -0.297 e. The van der Waals surface area contributed by atoms with Gasteiger partial charge in [-0.25, -0.2) is 0 Å². The van der Waals surface area contributed by atoms with Crippen molar-refractivity contribution in [1.29, 1.82) is 0 Å². The number of halogens is 3. The van der Waals surface area contributed by atoms with Crippen LogP contribution in [0.15, 0.2) is 11.0 Å². The number of thiazole rings is 1. The van der Waals surface area contributed by atoms with Crippen LogP contribution in [0.1, 0.15) is 25.6 Å². The van der Waals surface area contributed by atoms with E-state index in [1.165, 1.54) is 6.20 Å². The van der Waals surface area contributed by atoms with Crippen LogP contribution in [-0.4, -0.2) is 10.7 Å². The third kappa shape index (κ3) is 3.37. The van der Waals surface area contributed by atoms with Crippen molar-refractivity contribution >= 4 is 11.3 Å². The van der Waals surface area contributed by atoms with E-state index >= 15 is 0 Å². The molecule has 0 unspecified atom stereocenters. The summed E-state index contributed by atoms with van der Waals surface area (Å²) >= 11 is 0.869. The maximum absolute atomic E-state index is 12.1. The molecule has 0 radical (unpaired) electrons. The zero-order chi connectivity index (χ0) is 11.9. The van der Waals surface area contributed by atoms with E-state index in [-0.39, 0.29) is 5.41 Å². The number of aromatic nitrogens is 1. The standard InChI is InChI=1S/C9H12F3NOS/c1-8(2,3)6-4-13(7(14)15-6)5-9(10,11)12/h4H,5H2,1-3H3. The molecule has 15 heavy (non-hydrogen) atoms. The van der Waals surface area contributed by atoms with Crippen LogP contribution in [0, 0.1) is 0 Å². The summed E-state index contributed by atoms with van der Waals surface area (Å²) in [7, 11) is 0. The Hall–Kier alpha value is -0.780. The van der Waals surface area contributed by atoms with Gasteiger partial charge in [0.15, 0.2) is 0 Å². The summed E-state index contributed by atoms with van der Waals surface area (Å²) in [6.45, 7) is 4.36. The van der Waals surface area contributed by atoms with Crippen LogP contribution < -0.4 is 4.87 Å². The smallest absolute Gasteiger partial charge is 0.297 e. The fourth-order valence-electron chi connectivity index (χ4n) is 1.02. The van der Waals surface area contributed by atoms with Gasteiger partial charge in [0.25, 0.3) is 0 Å². The van der Waals surface area contributed by atoms with Gasteiger partial charge in [-0.05, 0) is 5.41 Å². The number of nitrogens with zero attached hydrogens (tertiary/aromatic N) is 1. The molecule has 1 aromatic rings. The first-order valence-corrected chi connectivity index (χ1v) is 5.19. The summed E-state index contributed by atoms with van der Waals surface area (Å²) in [6.07, 6.45) is -3.06. The molecule has 0 saturated heterocycles. The van der Waals surface area contributed by atoms with Crippen molar-refractivity contribution in [1.82, 2.24) is 4.57 Å². The van der Waals surface area contributed by atoms with E-state index in [0.717, 1.165) is 11.3 Å². The predicted octanol–water partition coefficient (Wildman–Crippen LogP) is 2.77. The lowest BCUT2D eigenvalue weighted by atomic mass is 9.95. The highest BCUT2D eigenvalue weighted by atomic mass is 32.1. The highest BCUT2D eigenvalue weighted by Crippen LogP contribution is 2.25. The second kappa shape index (κ2) is 3.66. The summed E-state index contributed by atoms with van der Waals surface area (Å²) in [5, 5.41) is 0. The quantitative estimate of drug-likeness (QED) is 0.738. The largest absolute Gasteiger partial charge is 0.406 e. The molecular weight excluding hydrogens is 227 g/mol. The van der Waals surface area contributed by atoms with Crippen LogP contribution >= 0.6 is 11.3 Å². The third-order valence-corrected chi connectivity index (χ3v) is 3.14. The Morgan fingerprint density at radius 3 is 2.20 bits per heavy atom. The molecule has 0 N–H and O–H groups in total. The SMILES string of the molecule is CC(C)(C)c1cn(CC(F)(F)F)c(=O)s1. The zero-order valence-electron chi connectivity index (χ0n) is 8.68. The van der Waals surface area contributed by atoms with Crippen molar-refractivity contribution in [2.45, 2.75) is 38.9 Å². The lowest BCUT2D eigenvalue weighted by Gasteiger charge is -2.14. The van der Waals surface area contributed by atoms with Gasteiger partial charge in [-0.1, -0.05) is 32.1 Å². The van der Waals surface area contributed by atoms with Gasteiger partial charge in [0.1, 0.15) is 6.54 Å². The Bertz CT molecular complexity index is 397. The molecule has 6 heteroatoms. The summed E-state index contributed by atoms with van der Waals surface area (Å²) in [4.78, 5) is 11.4. The molecule has 0 spiro atoms. The van der Waals surface area contributed by atoms with Crippen LogP contribution in [0.5, 0.6) is 0 Å². The fraction of sp³-hybridized carbons (Fsp3) is 0.667.